The van der Waals surface area contributed by atoms with Crippen LogP contribution in [0.5, 0.6) is 5.75 Å². The number of rotatable bonds is 6. The predicted molar refractivity (Wildman–Crippen MR) is 75.4 cm³/mol. The van der Waals surface area contributed by atoms with E-state index in [0.717, 1.165) is 12.3 Å². The van der Waals surface area contributed by atoms with E-state index in [4.69, 9.17) is 0 Å². The Bertz CT molecular complexity index is 681. The first-order chi connectivity index (χ1) is 8.91. The van der Waals surface area contributed by atoms with E-state index in [2.05, 4.69) is 9.44 Å². The molecule has 0 aliphatic carbocycles. The third-order valence-corrected chi connectivity index (χ3v) is 4.62. The fourth-order valence-electron chi connectivity index (χ4n) is 1.55. The van der Waals surface area contributed by atoms with Gasteiger partial charge in [-0.05, 0) is 32.0 Å². The number of sulfonamides is 2. The van der Waals surface area contributed by atoms with Crippen LogP contribution in [-0.2, 0) is 20.0 Å². The monoisotopic (exact) mass is 322 g/mol. The summed E-state index contributed by atoms with van der Waals surface area (Å²) in [4.78, 5) is -0.0901. The number of phenolic OH excluding ortho intramolecular Hbond substituents is 1. The van der Waals surface area contributed by atoms with Gasteiger partial charge in [0.2, 0.25) is 20.0 Å². The Labute approximate surface area is 119 Å². The first-order valence-electron chi connectivity index (χ1n) is 5.69. The van der Waals surface area contributed by atoms with Crippen molar-refractivity contribution in [3.05, 3.63) is 24.3 Å². The van der Waals surface area contributed by atoms with Crippen molar-refractivity contribution in [1.82, 2.24) is 9.44 Å². The van der Waals surface area contributed by atoms with Crippen LogP contribution in [0.4, 0.5) is 0 Å². The molecule has 0 unspecified atom stereocenters. The number of benzene rings is 1. The minimum Gasteiger partial charge on any atom is -0.508 e. The van der Waals surface area contributed by atoms with Crippen LogP contribution in [0, 0.1) is 0 Å². The predicted octanol–water partition coefficient (Wildman–Crippen LogP) is -0.00170. The Morgan fingerprint density at radius 3 is 2.30 bits per heavy atom. The Morgan fingerprint density at radius 2 is 1.80 bits per heavy atom. The summed E-state index contributed by atoms with van der Waals surface area (Å²) in [7, 11) is -7.26. The first kappa shape index (κ1) is 16.9. The zero-order valence-electron chi connectivity index (χ0n) is 11.4. The summed E-state index contributed by atoms with van der Waals surface area (Å²) in [6.45, 7) is 2.98. The maximum absolute atomic E-state index is 12.0. The van der Waals surface area contributed by atoms with Crippen molar-refractivity contribution < 1.29 is 21.9 Å². The second kappa shape index (κ2) is 5.68. The quantitative estimate of drug-likeness (QED) is 0.682. The summed E-state index contributed by atoms with van der Waals surface area (Å²) in [5.74, 6) is -0.165. The average Bonchev–Trinajstić information content (AvgIpc) is 2.24. The minimum atomic E-state index is -3.82. The molecule has 3 N–H and O–H groups in total. The molecule has 0 radical (unpaired) electrons. The lowest BCUT2D eigenvalue weighted by Crippen LogP contribution is -2.50. The molecule has 0 bridgehead atoms. The summed E-state index contributed by atoms with van der Waals surface area (Å²) in [6.07, 6.45) is 0.998. The minimum absolute atomic E-state index is 0.0901. The zero-order chi connectivity index (χ0) is 15.6. The largest absolute Gasteiger partial charge is 0.508 e. The van der Waals surface area contributed by atoms with Crippen LogP contribution < -0.4 is 9.44 Å². The van der Waals surface area contributed by atoms with Crippen LogP contribution in [0.1, 0.15) is 13.8 Å². The molecule has 0 atom stereocenters. The van der Waals surface area contributed by atoms with Gasteiger partial charge < -0.3 is 5.11 Å². The van der Waals surface area contributed by atoms with E-state index < -0.39 is 25.6 Å². The van der Waals surface area contributed by atoms with Crippen LogP contribution >= 0.6 is 0 Å². The summed E-state index contributed by atoms with van der Waals surface area (Å²) in [5, 5.41) is 9.27. The molecule has 0 saturated carbocycles. The van der Waals surface area contributed by atoms with Crippen molar-refractivity contribution in [2.75, 3.05) is 12.8 Å². The van der Waals surface area contributed by atoms with E-state index in [1.165, 1.54) is 18.2 Å². The molecule has 1 rings (SSSR count). The van der Waals surface area contributed by atoms with Crippen LogP contribution in [0.25, 0.3) is 0 Å². The highest BCUT2D eigenvalue weighted by molar-refractivity contribution is 7.89. The molecule has 7 nitrogen and oxygen atoms in total. The fraction of sp³-hybridized carbons (Fsp3) is 0.455. The molecule has 114 valence electrons. The lowest BCUT2D eigenvalue weighted by molar-refractivity contribution is 0.445. The fourth-order valence-corrected chi connectivity index (χ4v) is 3.87. The number of phenols is 1. The molecule has 0 amide bonds. The van der Waals surface area contributed by atoms with Gasteiger partial charge >= 0.3 is 0 Å². The maximum Gasteiger partial charge on any atom is 0.240 e. The molecule has 20 heavy (non-hydrogen) atoms. The highest BCUT2D eigenvalue weighted by Gasteiger charge is 2.25. The van der Waals surface area contributed by atoms with Crippen molar-refractivity contribution in [3.8, 4) is 5.75 Å². The van der Waals surface area contributed by atoms with Crippen LogP contribution in [0.2, 0.25) is 0 Å². The Kier molecular flexibility index (Phi) is 4.80. The molecule has 9 heteroatoms. The molecule has 0 aromatic heterocycles. The van der Waals surface area contributed by atoms with Gasteiger partial charge in [-0.2, -0.15) is 0 Å². The van der Waals surface area contributed by atoms with Crippen molar-refractivity contribution in [1.29, 1.82) is 0 Å². The number of nitrogens with one attached hydrogen (secondary N) is 2. The third-order valence-electron chi connectivity index (χ3n) is 2.29. The molecular weight excluding hydrogens is 304 g/mol. The highest BCUT2D eigenvalue weighted by Crippen LogP contribution is 2.16. The topological polar surface area (TPSA) is 113 Å². The second-order valence-electron chi connectivity index (χ2n) is 5.08. The van der Waals surface area contributed by atoms with Crippen molar-refractivity contribution in [3.63, 3.8) is 0 Å². The highest BCUT2D eigenvalue weighted by atomic mass is 32.2. The molecule has 0 fully saturated rings. The van der Waals surface area contributed by atoms with Gasteiger partial charge in [0.15, 0.2) is 0 Å². The van der Waals surface area contributed by atoms with Crippen molar-refractivity contribution in [2.24, 2.45) is 0 Å². The van der Waals surface area contributed by atoms with E-state index in [-0.39, 0.29) is 17.2 Å². The summed E-state index contributed by atoms with van der Waals surface area (Å²) in [5.41, 5.74) is -0.975. The van der Waals surface area contributed by atoms with Crippen molar-refractivity contribution >= 4 is 20.0 Å². The molecule has 0 aliphatic rings. The number of hydrogen-bond donors (Lipinski definition) is 3. The van der Waals surface area contributed by atoms with Gasteiger partial charge in [-0.1, -0.05) is 6.07 Å². The number of aromatic hydroxyl groups is 1. The molecule has 0 heterocycles. The summed E-state index contributed by atoms with van der Waals surface area (Å²) >= 11 is 0. The van der Waals surface area contributed by atoms with Crippen LogP contribution in [-0.4, -0.2) is 40.3 Å². The summed E-state index contributed by atoms with van der Waals surface area (Å²) < 4.78 is 51.0. The van der Waals surface area contributed by atoms with Gasteiger partial charge in [-0.25, -0.2) is 26.3 Å². The maximum atomic E-state index is 12.0. The SMILES string of the molecule is CC(C)(CNS(=O)(=O)c1cccc(O)c1)NS(C)(=O)=O. The normalized spacial score (nSPS) is 13.3. The van der Waals surface area contributed by atoms with Crippen LogP contribution in [0.3, 0.4) is 0 Å². The van der Waals surface area contributed by atoms with E-state index in [9.17, 15) is 21.9 Å². The van der Waals surface area contributed by atoms with Gasteiger partial charge in [0.25, 0.3) is 0 Å². The molecule has 0 saturated heterocycles. The number of hydrogen-bond acceptors (Lipinski definition) is 5. The lowest BCUT2D eigenvalue weighted by Gasteiger charge is -2.25. The molecular formula is C11H18N2O5S2. The van der Waals surface area contributed by atoms with Gasteiger partial charge in [-0.3, -0.25) is 0 Å². The van der Waals surface area contributed by atoms with Crippen molar-refractivity contribution in [2.45, 2.75) is 24.3 Å². The van der Waals surface area contributed by atoms with Gasteiger partial charge in [0.05, 0.1) is 11.2 Å². The molecule has 1 aromatic rings. The zero-order valence-corrected chi connectivity index (χ0v) is 13.0. The van der Waals surface area contributed by atoms with Crippen LogP contribution in [0.15, 0.2) is 29.2 Å². The van der Waals surface area contributed by atoms with E-state index in [0.29, 0.717) is 0 Å². The van der Waals surface area contributed by atoms with E-state index in [1.807, 2.05) is 0 Å². The average molecular weight is 322 g/mol. The lowest BCUT2D eigenvalue weighted by atomic mass is 10.1. The Hall–Kier alpha value is -1.16. The summed E-state index contributed by atoms with van der Waals surface area (Å²) in [6, 6.07) is 5.20. The molecule has 0 spiro atoms. The molecule has 0 aliphatic heterocycles. The third kappa shape index (κ3) is 5.45. The smallest absolute Gasteiger partial charge is 0.240 e. The Morgan fingerprint density at radius 1 is 1.20 bits per heavy atom. The van der Waals surface area contributed by atoms with Gasteiger partial charge in [0.1, 0.15) is 5.75 Å². The van der Waals surface area contributed by atoms with Gasteiger partial charge in [0, 0.05) is 12.1 Å². The van der Waals surface area contributed by atoms with Gasteiger partial charge in [-0.15, -0.1) is 0 Å². The van der Waals surface area contributed by atoms with E-state index in [1.54, 1.807) is 13.8 Å². The first-order valence-corrected chi connectivity index (χ1v) is 9.06. The van der Waals surface area contributed by atoms with E-state index >= 15 is 0 Å². The molecule has 1 aromatic carbocycles. The standard InChI is InChI=1S/C11H18N2O5S2/c1-11(2,13-19(3,15)16)8-12-20(17,18)10-6-4-5-9(14)7-10/h4-7,12-14H,8H2,1-3H3. The Balaban J connectivity index is 2.83. The second-order valence-corrected chi connectivity index (χ2v) is 8.60.